The molecule has 0 aliphatic rings. The van der Waals surface area contributed by atoms with Crippen LogP contribution in [0.15, 0.2) is 66.7 Å². The molecule has 5 rings (SSSR count). The highest BCUT2D eigenvalue weighted by molar-refractivity contribution is 5.81. The first-order valence-corrected chi connectivity index (χ1v) is 22.2. The fourth-order valence-electron chi connectivity index (χ4n) is 6.39. The topological polar surface area (TPSA) is 326 Å². The third kappa shape index (κ3) is 17.3. The van der Waals surface area contributed by atoms with Crippen molar-refractivity contribution in [3.05, 3.63) is 66.7 Å². The van der Waals surface area contributed by atoms with E-state index in [1.54, 1.807) is 0 Å². The van der Waals surface area contributed by atoms with Crippen molar-refractivity contribution >= 4 is 65.7 Å². The van der Waals surface area contributed by atoms with Gasteiger partial charge in [-0.3, -0.25) is 52.7 Å². The zero-order valence-corrected chi connectivity index (χ0v) is 43.0. The molecule has 26 nitrogen and oxygen atoms in total. The van der Waals surface area contributed by atoms with Crippen LogP contribution in [-0.2, 0) is 52.7 Å². The number of carbonyl (C=O) groups is 11. The molecule has 0 spiro atoms. The second-order valence-electron chi connectivity index (χ2n) is 15.6. The summed E-state index contributed by atoms with van der Waals surface area (Å²) in [4.78, 5) is 137. The molecule has 0 unspecified atom stereocenters. The Balaban J connectivity index is 1.93. The van der Waals surface area contributed by atoms with Gasteiger partial charge in [0.05, 0.1) is 0 Å². The summed E-state index contributed by atoms with van der Waals surface area (Å²) in [6, 6.07) is 11.4. The summed E-state index contributed by atoms with van der Waals surface area (Å²) in [7, 11) is 0. The van der Waals surface area contributed by atoms with Crippen molar-refractivity contribution in [2.75, 3.05) is 0 Å². The van der Waals surface area contributed by atoms with Crippen molar-refractivity contribution in [2.24, 2.45) is 0 Å². The fourth-order valence-corrected chi connectivity index (χ4v) is 6.39. The lowest BCUT2D eigenvalue weighted by atomic mass is 10.2. The zero-order valence-electron chi connectivity index (χ0n) is 43.0. The maximum Gasteiger partial charge on any atom is 0.308 e. The molecule has 0 saturated carbocycles. The van der Waals surface area contributed by atoms with E-state index in [2.05, 4.69) is 0 Å². The Kier molecular flexibility index (Phi) is 19.2. The van der Waals surface area contributed by atoms with Crippen molar-refractivity contribution in [3.63, 3.8) is 0 Å². The number of benzene rings is 5. The van der Waals surface area contributed by atoms with Gasteiger partial charge in [0.2, 0.25) is 23.0 Å². The van der Waals surface area contributed by atoms with Crippen LogP contribution in [0.2, 0.25) is 0 Å². The molecule has 0 saturated heterocycles. The normalized spacial score (nSPS) is 10.3. The van der Waals surface area contributed by atoms with Crippen molar-refractivity contribution in [1.29, 1.82) is 0 Å². The summed E-state index contributed by atoms with van der Waals surface area (Å²) in [6.45, 7) is 11.1. The molecule has 78 heavy (non-hydrogen) atoms. The molecule has 0 aliphatic heterocycles. The molecule has 5 aromatic rings. The van der Waals surface area contributed by atoms with Crippen LogP contribution in [0.1, 0.15) is 76.2 Å². The number of hydrogen-bond acceptors (Lipinski definition) is 26. The maximum atomic E-state index is 12.8. The largest absolute Gasteiger partial charge is 0.449 e. The van der Waals surface area contributed by atoms with E-state index in [1.807, 2.05) is 0 Å². The molecule has 0 aliphatic carbocycles. The van der Waals surface area contributed by atoms with Crippen LogP contribution in [0, 0.1) is 0 Å². The number of hydrogen-bond donors (Lipinski definition) is 0. The summed E-state index contributed by atoms with van der Waals surface area (Å²) in [5, 5.41) is 0. The summed E-state index contributed by atoms with van der Waals surface area (Å²) < 4.78 is 84.1. The van der Waals surface area contributed by atoms with Crippen LogP contribution < -0.4 is 71.1 Å². The van der Waals surface area contributed by atoms with E-state index in [1.165, 1.54) is 6.07 Å². The highest BCUT2D eigenvalue weighted by Gasteiger charge is 2.30. The van der Waals surface area contributed by atoms with Crippen molar-refractivity contribution in [1.82, 2.24) is 0 Å². The van der Waals surface area contributed by atoms with Gasteiger partial charge >= 0.3 is 65.7 Å². The number of carbonyl (C=O) groups excluding carboxylic acids is 11. The number of rotatable bonds is 19. The molecule has 26 heteroatoms. The Morgan fingerprint density at radius 1 is 0.192 bits per heavy atom. The van der Waals surface area contributed by atoms with Crippen LogP contribution in [0.5, 0.6) is 109 Å². The minimum Gasteiger partial charge on any atom is -0.449 e. The molecule has 0 bridgehead atoms. The van der Waals surface area contributed by atoms with Crippen LogP contribution >= 0.6 is 0 Å². The first-order chi connectivity index (χ1) is 36.6. The first kappa shape index (κ1) is 58.4. The molecule has 5 aromatic carbocycles. The SMILES string of the molecule is CC(=O)Oc1cc(OC(C)=O)cc(Oc2c(OC(C)=O)cc(Oc3c(Oc4c(OC(C)=O)cc(OC(C)=O)cc4OC(C)=O)cc(OC(C)=O)cc3Oc3c(OC(C)=O)cc(OC(C)=O)cc3OC(C)=O)cc2OC(C)=O)c1. The van der Waals surface area contributed by atoms with Gasteiger partial charge in [0.1, 0.15) is 40.2 Å². The zero-order chi connectivity index (χ0) is 57.7. The molecule has 0 heterocycles. The minimum absolute atomic E-state index is 0.194. The lowest BCUT2D eigenvalue weighted by Gasteiger charge is -2.22. The Morgan fingerprint density at radius 2 is 0.346 bits per heavy atom. The monoisotopic (exact) mass is 1080 g/mol. The molecule has 0 amide bonds. The van der Waals surface area contributed by atoms with Gasteiger partial charge in [-0.2, -0.15) is 0 Å². The second-order valence-corrected chi connectivity index (χ2v) is 15.6. The molecule has 0 radical (unpaired) electrons. The highest BCUT2D eigenvalue weighted by atomic mass is 16.6. The van der Waals surface area contributed by atoms with E-state index < -0.39 is 146 Å². The van der Waals surface area contributed by atoms with E-state index in [0.717, 1.165) is 137 Å². The summed E-state index contributed by atoms with van der Waals surface area (Å²) in [5.74, 6) is -19.8. The summed E-state index contributed by atoms with van der Waals surface area (Å²) in [5.41, 5.74) is 0. The van der Waals surface area contributed by atoms with Gasteiger partial charge in [0.25, 0.3) is 0 Å². The van der Waals surface area contributed by atoms with E-state index in [-0.39, 0.29) is 28.7 Å². The van der Waals surface area contributed by atoms with Gasteiger partial charge in [0, 0.05) is 143 Å². The number of esters is 11. The predicted octanol–water partition coefficient (Wildman–Crippen LogP) is 8.03. The van der Waals surface area contributed by atoms with E-state index in [4.69, 9.17) is 71.1 Å². The molecular weight excluding hydrogens is 1040 g/mol. The highest BCUT2D eigenvalue weighted by Crippen LogP contribution is 2.55. The average molecular weight is 1080 g/mol. The van der Waals surface area contributed by atoms with E-state index in [9.17, 15) is 52.7 Å². The van der Waals surface area contributed by atoms with Gasteiger partial charge in [-0.1, -0.05) is 0 Å². The van der Waals surface area contributed by atoms with Crippen LogP contribution in [0.3, 0.4) is 0 Å². The van der Waals surface area contributed by atoms with Gasteiger partial charge in [-0.25, -0.2) is 0 Å². The Bertz CT molecular complexity index is 3030. The van der Waals surface area contributed by atoms with Gasteiger partial charge in [-0.15, -0.1) is 0 Å². The standard InChI is InChI=1S/C52H44O26/c1-23(53)64-34-12-35(65-24(2)54)14-36(13-34)75-49-41(69-28(6)58)21-40(22-42(49)70-29(7)59)76-50-47(77-51-43(71-30(8)60)15-37(66-25(3)55)16-44(51)72-31(9)61)19-39(68-27(5)57)20-48(50)78-52-45(73-32(10)62)17-38(67-26(4)56)18-46(52)74-33(11)63/h12-22H,1-11H3. The lowest BCUT2D eigenvalue weighted by molar-refractivity contribution is -0.133. The molecule has 0 aromatic heterocycles. The first-order valence-electron chi connectivity index (χ1n) is 22.2. The molecule has 0 N–H and O–H groups in total. The maximum absolute atomic E-state index is 12.8. The van der Waals surface area contributed by atoms with Crippen molar-refractivity contribution in [3.8, 4) is 109 Å². The van der Waals surface area contributed by atoms with E-state index >= 15 is 0 Å². The predicted molar refractivity (Wildman–Crippen MR) is 257 cm³/mol. The van der Waals surface area contributed by atoms with E-state index in [0.29, 0.717) is 0 Å². The van der Waals surface area contributed by atoms with Gasteiger partial charge in [0.15, 0.2) is 46.0 Å². The molecular formula is C52H44O26. The van der Waals surface area contributed by atoms with Crippen molar-refractivity contribution < 1.29 is 124 Å². The Hall–Kier alpha value is -10.5. The minimum atomic E-state index is -1.000. The van der Waals surface area contributed by atoms with Gasteiger partial charge in [-0.05, 0) is 0 Å². The third-order valence-electron chi connectivity index (χ3n) is 8.52. The van der Waals surface area contributed by atoms with Crippen LogP contribution in [0.4, 0.5) is 0 Å². The second kappa shape index (κ2) is 25.6. The lowest BCUT2D eigenvalue weighted by Crippen LogP contribution is -2.10. The number of ether oxygens (including phenoxy) is 15. The van der Waals surface area contributed by atoms with Crippen LogP contribution in [0.25, 0.3) is 0 Å². The van der Waals surface area contributed by atoms with Crippen molar-refractivity contribution in [2.45, 2.75) is 76.2 Å². The Morgan fingerprint density at radius 3 is 0.577 bits per heavy atom. The molecule has 408 valence electrons. The summed E-state index contributed by atoms with van der Waals surface area (Å²) >= 11 is 0. The third-order valence-corrected chi connectivity index (χ3v) is 8.52. The molecule has 0 fully saturated rings. The van der Waals surface area contributed by atoms with Crippen LogP contribution in [-0.4, -0.2) is 65.7 Å². The van der Waals surface area contributed by atoms with Gasteiger partial charge < -0.3 is 71.1 Å². The smallest absolute Gasteiger partial charge is 0.308 e. The average Bonchev–Trinajstić information content (AvgIpc) is 3.26. The summed E-state index contributed by atoms with van der Waals surface area (Å²) in [6.07, 6.45) is 0. The fraction of sp³-hybridized carbons (Fsp3) is 0.212. The quantitative estimate of drug-likeness (QED) is 0.0557. The molecule has 0 atom stereocenters. The Labute approximate surface area is 440 Å².